The first-order valence-corrected chi connectivity index (χ1v) is 13.6. The zero-order chi connectivity index (χ0) is 25.8. The molecule has 3 nitrogen and oxygen atoms in total. The van der Waals surface area contributed by atoms with E-state index in [4.69, 9.17) is 4.74 Å². The van der Waals surface area contributed by atoms with Crippen LogP contribution in [0.25, 0.3) is 0 Å². The summed E-state index contributed by atoms with van der Waals surface area (Å²) in [5.74, 6) is 0.862. The number of ether oxygens (including phenoxy) is 1. The van der Waals surface area contributed by atoms with Crippen LogP contribution >= 0.6 is 0 Å². The Morgan fingerprint density at radius 3 is 2.28 bits per heavy atom. The van der Waals surface area contributed by atoms with Crippen LogP contribution in [0, 0.1) is 0 Å². The fourth-order valence-electron chi connectivity index (χ4n) is 4.13. The maximum absolute atomic E-state index is 12.6. The highest BCUT2D eigenvalue weighted by molar-refractivity contribution is 5.91. The highest BCUT2D eigenvalue weighted by Gasteiger charge is 2.07. The van der Waals surface area contributed by atoms with Crippen molar-refractivity contribution < 1.29 is 9.53 Å². The van der Waals surface area contributed by atoms with Crippen LogP contribution in [-0.4, -0.2) is 5.91 Å². The fraction of sp³-hybridized carbons (Fsp3) is 0.424. The van der Waals surface area contributed by atoms with E-state index in [0.29, 0.717) is 13.0 Å². The van der Waals surface area contributed by atoms with Gasteiger partial charge in [-0.1, -0.05) is 67.0 Å². The predicted octanol–water partition coefficient (Wildman–Crippen LogP) is 9.36. The minimum absolute atomic E-state index is 0.0696. The van der Waals surface area contributed by atoms with Gasteiger partial charge in [-0.25, -0.2) is 0 Å². The fourth-order valence-corrected chi connectivity index (χ4v) is 4.13. The molecule has 1 N–H and O–H groups in total. The number of benzene rings is 2. The Morgan fingerprint density at radius 2 is 1.53 bits per heavy atom. The number of allylic oxidation sites excluding steroid dienone is 4. The summed E-state index contributed by atoms with van der Waals surface area (Å²) in [5.41, 5.74) is 4.56. The van der Waals surface area contributed by atoms with Crippen molar-refractivity contribution in [2.75, 3.05) is 5.32 Å². The maximum Gasteiger partial charge on any atom is 0.224 e. The quantitative estimate of drug-likeness (QED) is 0.158. The summed E-state index contributed by atoms with van der Waals surface area (Å²) in [6.07, 6.45) is 18.7. The van der Waals surface area contributed by atoms with Gasteiger partial charge in [0.2, 0.25) is 5.91 Å². The summed E-state index contributed by atoms with van der Waals surface area (Å²) in [6, 6.07) is 16.3. The van der Waals surface area contributed by atoms with Gasteiger partial charge < -0.3 is 10.1 Å². The van der Waals surface area contributed by atoms with Crippen LogP contribution in [0.4, 0.5) is 5.69 Å². The number of anilines is 1. The van der Waals surface area contributed by atoms with E-state index in [1.54, 1.807) is 0 Å². The Hall–Kier alpha value is -3.07. The van der Waals surface area contributed by atoms with E-state index >= 15 is 0 Å². The van der Waals surface area contributed by atoms with Crippen molar-refractivity contribution in [1.82, 2.24) is 0 Å². The average molecular weight is 488 g/mol. The van der Waals surface area contributed by atoms with Gasteiger partial charge in [-0.15, -0.1) is 13.2 Å². The van der Waals surface area contributed by atoms with Crippen LogP contribution in [0.5, 0.6) is 5.75 Å². The van der Waals surface area contributed by atoms with E-state index < -0.39 is 0 Å². The monoisotopic (exact) mass is 487 g/mol. The predicted molar refractivity (Wildman–Crippen MR) is 154 cm³/mol. The number of amides is 1. The second-order valence-corrected chi connectivity index (χ2v) is 9.55. The summed E-state index contributed by atoms with van der Waals surface area (Å²) in [6.45, 7) is 10.3. The van der Waals surface area contributed by atoms with Crippen molar-refractivity contribution in [3.05, 3.63) is 96.6 Å². The minimum atomic E-state index is 0.0696. The van der Waals surface area contributed by atoms with Gasteiger partial charge >= 0.3 is 0 Å². The summed E-state index contributed by atoms with van der Waals surface area (Å²) in [4.78, 5) is 12.6. The smallest absolute Gasteiger partial charge is 0.224 e. The lowest BCUT2D eigenvalue weighted by Crippen LogP contribution is -2.11. The Morgan fingerprint density at radius 1 is 0.833 bits per heavy atom. The molecule has 0 aliphatic carbocycles. The third-order valence-corrected chi connectivity index (χ3v) is 6.22. The van der Waals surface area contributed by atoms with E-state index in [1.165, 1.54) is 24.0 Å². The molecule has 0 atom stereocenters. The van der Waals surface area contributed by atoms with Gasteiger partial charge in [0.1, 0.15) is 12.4 Å². The van der Waals surface area contributed by atoms with Crippen molar-refractivity contribution in [2.45, 2.75) is 90.6 Å². The van der Waals surface area contributed by atoms with Crippen LogP contribution < -0.4 is 10.1 Å². The van der Waals surface area contributed by atoms with Crippen LogP contribution in [0.3, 0.4) is 0 Å². The highest BCUT2D eigenvalue weighted by Crippen LogP contribution is 2.24. The number of hydrogen-bond donors (Lipinski definition) is 1. The molecule has 0 saturated carbocycles. The van der Waals surface area contributed by atoms with Gasteiger partial charge in [-0.05, 0) is 88.0 Å². The first-order chi connectivity index (χ1) is 17.6. The van der Waals surface area contributed by atoms with Crippen molar-refractivity contribution in [2.24, 2.45) is 0 Å². The third-order valence-electron chi connectivity index (χ3n) is 6.22. The summed E-state index contributed by atoms with van der Waals surface area (Å²) < 4.78 is 6.11. The molecular weight excluding hydrogens is 442 g/mol. The van der Waals surface area contributed by atoms with Crippen LogP contribution in [0.1, 0.15) is 88.7 Å². The Balaban J connectivity index is 1.96. The van der Waals surface area contributed by atoms with E-state index in [1.807, 2.05) is 36.4 Å². The molecule has 0 saturated heterocycles. The Bertz CT molecular complexity index is 945. The maximum atomic E-state index is 12.6. The molecule has 1 amide bonds. The van der Waals surface area contributed by atoms with Crippen molar-refractivity contribution in [1.29, 1.82) is 0 Å². The molecule has 0 bridgehead atoms. The number of carbonyl (C=O) groups excluding carboxylic acids is 1. The molecule has 2 aromatic rings. The molecule has 3 heteroatoms. The van der Waals surface area contributed by atoms with Gasteiger partial charge in [0.15, 0.2) is 0 Å². The standard InChI is InChI=1S/C33H45NO2/c1-4-6-8-10-11-16-23-33(35)34-31-24-30(22-17-19-28(3)18-13-9-7-5-2)25-32(26-31)36-27-29-20-14-12-15-21-29/h4-5,12,14-15,19-21,24-26H,1-2,6-11,13,16-18,22-23,27H2,3H3,(H,34,35)/b28-19+. The number of unbranched alkanes of at least 4 members (excludes halogenated alkanes) is 6. The number of nitrogens with one attached hydrogen (secondary N) is 1. The van der Waals surface area contributed by atoms with Gasteiger partial charge in [-0.3, -0.25) is 4.79 Å². The molecule has 0 radical (unpaired) electrons. The van der Waals surface area contributed by atoms with Crippen LogP contribution in [0.2, 0.25) is 0 Å². The van der Waals surface area contributed by atoms with Crippen LogP contribution in [0.15, 0.2) is 85.5 Å². The molecule has 0 heterocycles. The molecule has 0 fully saturated rings. The second kappa shape index (κ2) is 18.2. The normalized spacial score (nSPS) is 11.2. The molecule has 2 rings (SSSR count). The first kappa shape index (κ1) is 29.2. The molecule has 0 unspecified atom stereocenters. The largest absolute Gasteiger partial charge is 0.489 e. The van der Waals surface area contributed by atoms with Crippen molar-refractivity contribution in [3.63, 3.8) is 0 Å². The molecule has 0 spiro atoms. The first-order valence-electron chi connectivity index (χ1n) is 13.6. The molecule has 194 valence electrons. The van der Waals surface area contributed by atoms with Crippen LogP contribution in [-0.2, 0) is 17.8 Å². The molecule has 36 heavy (non-hydrogen) atoms. The molecule has 0 aromatic heterocycles. The zero-order valence-corrected chi connectivity index (χ0v) is 22.3. The van der Waals surface area contributed by atoms with E-state index in [9.17, 15) is 4.79 Å². The molecule has 0 aliphatic heterocycles. The zero-order valence-electron chi connectivity index (χ0n) is 22.3. The molecule has 0 aliphatic rings. The highest BCUT2D eigenvalue weighted by atomic mass is 16.5. The van der Waals surface area contributed by atoms with E-state index in [0.717, 1.165) is 74.8 Å². The molecule has 2 aromatic carbocycles. The van der Waals surface area contributed by atoms with Gasteiger partial charge in [-0.2, -0.15) is 0 Å². The van der Waals surface area contributed by atoms with Crippen molar-refractivity contribution in [3.8, 4) is 5.75 Å². The summed E-state index contributed by atoms with van der Waals surface area (Å²) >= 11 is 0. The van der Waals surface area contributed by atoms with Crippen molar-refractivity contribution >= 4 is 11.6 Å². The van der Waals surface area contributed by atoms with E-state index in [-0.39, 0.29) is 5.91 Å². The Labute approximate surface area is 219 Å². The number of rotatable bonds is 19. The minimum Gasteiger partial charge on any atom is -0.489 e. The average Bonchev–Trinajstić information content (AvgIpc) is 2.88. The molecular formula is C33H45NO2. The lowest BCUT2D eigenvalue weighted by atomic mass is 10.0. The second-order valence-electron chi connectivity index (χ2n) is 9.55. The Kier molecular flexibility index (Phi) is 14.8. The number of carbonyl (C=O) groups is 1. The summed E-state index contributed by atoms with van der Waals surface area (Å²) in [7, 11) is 0. The lowest BCUT2D eigenvalue weighted by molar-refractivity contribution is -0.116. The summed E-state index contributed by atoms with van der Waals surface area (Å²) in [5, 5.41) is 3.10. The topological polar surface area (TPSA) is 38.3 Å². The lowest BCUT2D eigenvalue weighted by Gasteiger charge is -2.13. The third kappa shape index (κ3) is 13.1. The SMILES string of the molecule is C=CCCCCCCC(=O)Nc1cc(CC/C=C(\C)CCCCC=C)cc(OCc2ccccc2)c1. The number of hydrogen-bond acceptors (Lipinski definition) is 2. The van der Waals surface area contributed by atoms with E-state index in [2.05, 4.69) is 55.7 Å². The van der Waals surface area contributed by atoms with Gasteiger partial charge in [0.05, 0.1) is 0 Å². The number of aryl methyl sites for hydroxylation is 1. The van der Waals surface area contributed by atoms with Gasteiger partial charge in [0, 0.05) is 18.2 Å². The van der Waals surface area contributed by atoms with Gasteiger partial charge in [0.25, 0.3) is 0 Å².